The molecule has 8 nitrogen and oxygen atoms in total. The van der Waals surface area contributed by atoms with Crippen molar-refractivity contribution in [2.24, 2.45) is 17.8 Å². The van der Waals surface area contributed by atoms with Crippen molar-refractivity contribution >= 4 is 35.0 Å². The van der Waals surface area contributed by atoms with E-state index in [1.807, 2.05) is 26.8 Å². The average Bonchev–Trinajstić information content (AvgIpc) is 3.27. The molecule has 2 bridgehead atoms. The number of aryl methyl sites for hydroxylation is 1. The van der Waals surface area contributed by atoms with Crippen molar-refractivity contribution in [1.82, 2.24) is 10.2 Å². The van der Waals surface area contributed by atoms with Crippen LogP contribution < -0.4 is 10.6 Å². The van der Waals surface area contributed by atoms with E-state index in [-0.39, 0.29) is 30.2 Å². The molecule has 33 heavy (non-hydrogen) atoms. The number of aliphatic hydroxyl groups is 1. The summed E-state index contributed by atoms with van der Waals surface area (Å²) in [6.45, 7) is 6.03. The van der Waals surface area contributed by atoms with E-state index >= 15 is 0 Å². The van der Waals surface area contributed by atoms with Crippen LogP contribution >= 0.6 is 11.6 Å². The topological polar surface area (TPSA) is 108 Å². The highest BCUT2D eigenvalue weighted by Gasteiger charge is 2.79. The number of rotatable bonds is 7. The molecule has 3 saturated heterocycles. The number of anilines is 1. The van der Waals surface area contributed by atoms with Crippen LogP contribution in [0.2, 0.25) is 5.02 Å². The molecule has 0 saturated carbocycles. The largest absolute Gasteiger partial charge is 0.396 e. The van der Waals surface area contributed by atoms with Crippen molar-refractivity contribution in [2.75, 3.05) is 25.5 Å². The van der Waals surface area contributed by atoms with Gasteiger partial charge in [0, 0.05) is 20.2 Å². The maximum atomic E-state index is 13.8. The first-order valence-electron chi connectivity index (χ1n) is 11.5. The van der Waals surface area contributed by atoms with Gasteiger partial charge in [-0.25, -0.2) is 0 Å². The second-order valence-electron chi connectivity index (χ2n) is 9.70. The van der Waals surface area contributed by atoms with Gasteiger partial charge in [0.25, 0.3) is 0 Å². The van der Waals surface area contributed by atoms with Crippen LogP contribution in [0.4, 0.5) is 5.69 Å². The third-order valence-electron chi connectivity index (χ3n) is 7.87. The molecule has 3 N–H and O–H groups in total. The number of hydrogen-bond acceptors (Lipinski definition) is 5. The molecular formula is C24H32ClN3O5. The number of para-hydroxylation sites is 1. The van der Waals surface area contributed by atoms with Gasteiger partial charge in [-0.05, 0) is 50.7 Å². The summed E-state index contributed by atoms with van der Waals surface area (Å²) in [7, 11) is 1.55. The number of unbranched alkanes of at least 4 members (excludes halogenated alkanes) is 1. The molecule has 3 unspecified atom stereocenters. The summed E-state index contributed by atoms with van der Waals surface area (Å²) in [4.78, 5) is 42.0. The predicted molar refractivity (Wildman–Crippen MR) is 124 cm³/mol. The first-order valence-corrected chi connectivity index (χ1v) is 11.9. The van der Waals surface area contributed by atoms with Gasteiger partial charge in [0.15, 0.2) is 0 Å². The van der Waals surface area contributed by atoms with Gasteiger partial charge in [-0.2, -0.15) is 0 Å². The third-order valence-corrected chi connectivity index (χ3v) is 8.18. The molecular weight excluding hydrogens is 446 g/mol. The predicted octanol–water partition coefficient (Wildman–Crippen LogP) is 2.12. The van der Waals surface area contributed by atoms with E-state index in [0.29, 0.717) is 36.5 Å². The number of nitrogens with zero attached hydrogens (tertiary/aromatic N) is 1. The molecule has 3 aliphatic heterocycles. The van der Waals surface area contributed by atoms with Crippen molar-refractivity contribution in [3.05, 3.63) is 28.8 Å². The van der Waals surface area contributed by atoms with Gasteiger partial charge in [-0.3, -0.25) is 14.4 Å². The standard InChI is InChI=1S/C24H32ClN3O5/c1-13-8-7-9-15(25)18(13)27-21(31)19-24-12-14(2)23(3,33-24)16(20(30)26-4)17(24)22(32)28(19)10-5-6-11-29/h7-9,14,16-17,19,29H,5-6,10-12H2,1-4H3,(H,26,30)(H,27,31)/t14?,16-,17+,19?,23+,24?/m1/s1. The van der Waals surface area contributed by atoms with E-state index in [2.05, 4.69) is 10.6 Å². The highest BCUT2D eigenvalue weighted by atomic mass is 35.5. The van der Waals surface area contributed by atoms with E-state index < -0.39 is 29.1 Å². The average molecular weight is 478 g/mol. The van der Waals surface area contributed by atoms with E-state index in [1.54, 1.807) is 24.1 Å². The van der Waals surface area contributed by atoms with E-state index in [4.69, 9.17) is 16.3 Å². The molecule has 3 heterocycles. The van der Waals surface area contributed by atoms with Gasteiger partial charge in [0.05, 0.1) is 28.1 Å². The fourth-order valence-corrected chi connectivity index (χ4v) is 6.48. The Morgan fingerprint density at radius 1 is 1.30 bits per heavy atom. The van der Waals surface area contributed by atoms with Gasteiger partial charge in [-0.15, -0.1) is 0 Å². The lowest BCUT2D eigenvalue weighted by molar-refractivity contribution is -0.146. The Hall–Kier alpha value is -2.16. The lowest BCUT2D eigenvalue weighted by atomic mass is 9.62. The summed E-state index contributed by atoms with van der Waals surface area (Å²) in [5.41, 5.74) is -0.625. The Kier molecular flexibility index (Phi) is 6.22. The van der Waals surface area contributed by atoms with Crippen molar-refractivity contribution in [1.29, 1.82) is 0 Å². The Morgan fingerprint density at radius 2 is 2.03 bits per heavy atom. The smallest absolute Gasteiger partial charge is 0.250 e. The first-order chi connectivity index (χ1) is 15.6. The summed E-state index contributed by atoms with van der Waals surface area (Å²) in [6.07, 6.45) is 1.55. The number of fused-ring (bicyclic) bond motifs is 1. The molecule has 0 aromatic heterocycles. The number of hydrogen-bond donors (Lipinski definition) is 3. The number of aliphatic hydroxyl groups excluding tert-OH is 1. The van der Waals surface area contributed by atoms with Gasteiger partial charge in [0.2, 0.25) is 17.7 Å². The Bertz CT molecular complexity index is 967. The molecule has 3 amide bonds. The first kappa shape index (κ1) is 24.0. The normalized spacial score (nSPS) is 34.5. The zero-order chi connectivity index (χ0) is 24.1. The lowest BCUT2D eigenvalue weighted by Gasteiger charge is -2.36. The third kappa shape index (κ3) is 3.45. The number of carbonyl (C=O) groups is 3. The SMILES string of the molecule is CNC(=O)[C@H]1[C@H]2C(=O)N(CCCCO)C(C(=O)Nc3c(C)cccc3Cl)C23CC(C)[C@]1(C)O3. The van der Waals surface area contributed by atoms with Crippen LogP contribution in [-0.2, 0) is 19.1 Å². The van der Waals surface area contributed by atoms with Gasteiger partial charge in [-0.1, -0.05) is 30.7 Å². The van der Waals surface area contributed by atoms with E-state index in [1.165, 1.54) is 0 Å². The van der Waals surface area contributed by atoms with E-state index in [0.717, 1.165) is 5.56 Å². The van der Waals surface area contributed by atoms with Crippen LogP contribution in [0, 0.1) is 24.7 Å². The zero-order valence-corrected chi connectivity index (χ0v) is 20.2. The molecule has 1 spiro atoms. The van der Waals surface area contributed by atoms with Crippen LogP contribution in [0.1, 0.15) is 38.7 Å². The van der Waals surface area contributed by atoms with Gasteiger partial charge < -0.3 is 25.4 Å². The number of benzene rings is 1. The second kappa shape index (κ2) is 8.56. The quantitative estimate of drug-likeness (QED) is 0.521. The lowest BCUT2D eigenvalue weighted by Crippen LogP contribution is -2.54. The summed E-state index contributed by atoms with van der Waals surface area (Å²) in [6, 6.07) is 4.46. The zero-order valence-electron chi connectivity index (χ0n) is 19.5. The molecule has 4 rings (SSSR count). The number of carbonyl (C=O) groups excluding carboxylic acids is 3. The second-order valence-corrected chi connectivity index (χ2v) is 10.1. The number of halogens is 1. The van der Waals surface area contributed by atoms with Crippen LogP contribution in [0.25, 0.3) is 0 Å². The molecule has 3 aliphatic rings. The number of nitrogens with one attached hydrogen (secondary N) is 2. The Balaban J connectivity index is 1.77. The van der Waals surface area contributed by atoms with Gasteiger partial charge >= 0.3 is 0 Å². The molecule has 0 aliphatic carbocycles. The van der Waals surface area contributed by atoms with Crippen molar-refractivity contribution in [2.45, 2.75) is 57.3 Å². The van der Waals surface area contributed by atoms with E-state index in [9.17, 15) is 19.5 Å². The molecule has 1 aromatic rings. The highest BCUT2D eigenvalue weighted by molar-refractivity contribution is 6.34. The summed E-state index contributed by atoms with van der Waals surface area (Å²) in [5.74, 6) is -2.30. The fourth-order valence-electron chi connectivity index (χ4n) is 6.21. The monoisotopic (exact) mass is 477 g/mol. The molecule has 3 fully saturated rings. The summed E-state index contributed by atoms with van der Waals surface area (Å²) < 4.78 is 6.59. The number of likely N-dealkylation sites (tertiary alicyclic amines) is 1. The van der Waals surface area contributed by atoms with Crippen molar-refractivity contribution in [3.8, 4) is 0 Å². The van der Waals surface area contributed by atoms with Crippen LogP contribution in [0.5, 0.6) is 0 Å². The molecule has 0 radical (unpaired) electrons. The maximum Gasteiger partial charge on any atom is 0.250 e. The number of amides is 3. The number of ether oxygens (including phenoxy) is 1. The summed E-state index contributed by atoms with van der Waals surface area (Å²) in [5, 5.41) is 15.3. The Morgan fingerprint density at radius 3 is 2.67 bits per heavy atom. The van der Waals surface area contributed by atoms with Crippen LogP contribution in [-0.4, -0.2) is 65.2 Å². The fraction of sp³-hybridized carbons (Fsp3) is 0.625. The molecule has 6 atom stereocenters. The Labute approximate surface area is 199 Å². The van der Waals surface area contributed by atoms with Crippen LogP contribution in [0.3, 0.4) is 0 Å². The minimum Gasteiger partial charge on any atom is -0.396 e. The highest BCUT2D eigenvalue weighted by Crippen LogP contribution is 2.65. The molecule has 9 heteroatoms. The minimum absolute atomic E-state index is 0.00124. The minimum atomic E-state index is -1.10. The summed E-state index contributed by atoms with van der Waals surface area (Å²) >= 11 is 6.36. The molecule has 180 valence electrons. The van der Waals surface area contributed by atoms with Gasteiger partial charge in [0.1, 0.15) is 11.6 Å². The molecule has 1 aromatic carbocycles. The maximum absolute atomic E-state index is 13.8. The van der Waals surface area contributed by atoms with Crippen molar-refractivity contribution in [3.63, 3.8) is 0 Å². The van der Waals surface area contributed by atoms with Crippen LogP contribution in [0.15, 0.2) is 18.2 Å². The van der Waals surface area contributed by atoms with Crippen molar-refractivity contribution < 1.29 is 24.2 Å².